The minimum atomic E-state index is -4.44. The lowest BCUT2D eigenvalue weighted by atomic mass is 9.94. The zero-order valence-corrected chi connectivity index (χ0v) is 23.0. The lowest BCUT2D eigenvalue weighted by Crippen LogP contribution is -2.30. The molecule has 1 aliphatic rings. The molecule has 1 saturated heterocycles. The van der Waals surface area contributed by atoms with Crippen LogP contribution in [-0.4, -0.2) is 54.6 Å². The van der Waals surface area contributed by atoms with E-state index in [0.717, 1.165) is 24.7 Å². The smallest absolute Gasteiger partial charge is 0.385 e. The molecule has 1 aliphatic heterocycles. The molecule has 1 aromatic heterocycles. The first kappa shape index (κ1) is 29.4. The Kier molecular flexibility index (Phi) is 10.0. The lowest BCUT2D eigenvalue weighted by molar-refractivity contribution is -0.137. The monoisotopic (exact) mass is 557 g/mol. The van der Waals surface area contributed by atoms with Gasteiger partial charge in [-0.3, -0.25) is 4.79 Å². The zero-order chi connectivity index (χ0) is 27.3. The van der Waals surface area contributed by atoms with E-state index in [2.05, 4.69) is 16.9 Å². The average Bonchev–Trinajstić information content (AvgIpc) is 3.17. The van der Waals surface area contributed by atoms with Gasteiger partial charge in [0.25, 0.3) is 0 Å². The summed E-state index contributed by atoms with van der Waals surface area (Å²) in [7, 11) is 5.62. The molecule has 4 rings (SSSR count). The number of carbonyl (C=O) groups excluding carboxylic acids is 1. The number of hydrogen-bond acceptors (Lipinski definition) is 4. The van der Waals surface area contributed by atoms with Crippen LogP contribution in [0.15, 0.2) is 24.3 Å². The van der Waals surface area contributed by atoms with Crippen LogP contribution in [0.5, 0.6) is 0 Å². The van der Waals surface area contributed by atoms with Crippen molar-refractivity contribution in [1.82, 2.24) is 14.5 Å². The van der Waals surface area contributed by atoms with Crippen molar-refractivity contribution in [3.63, 3.8) is 0 Å². The Balaban J connectivity index is 0.000000289. The van der Waals surface area contributed by atoms with Crippen LogP contribution >= 0.6 is 23.2 Å². The van der Waals surface area contributed by atoms with Gasteiger partial charge in [-0.25, -0.2) is 4.98 Å². The number of nitrogens with zero attached hydrogens (tertiary/aromatic N) is 3. The first-order valence-electron chi connectivity index (χ1n) is 12.1. The topological polar surface area (TPSA) is 47.4 Å². The maximum Gasteiger partial charge on any atom is 0.416 e. The quantitative estimate of drug-likeness (QED) is 0.307. The Labute approximate surface area is 225 Å². The molecule has 0 spiro atoms. The van der Waals surface area contributed by atoms with Crippen LogP contribution in [0, 0.1) is 12.8 Å². The molecule has 37 heavy (non-hydrogen) atoms. The van der Waals surface area contributed by atoms with Gasteiger partial charge in [0.2, 0.25) is 0 Å². The van der Waals surface area contributed by atoms with Gasteiger partial charge in [0.05, 0.1) is 21.6 Å². The van der Waals surface area contributed by atoms with Crippen molar-refractivity contribution < 1.29 is 22.7 Å². The molecule has 10 heteroatoms. The van der Waals surface area contributed by atoms with Crippen molar-refractivity contribution in [3.8, 4) is 0 Å². The fourth-order valence-electron chi connectivity index (χ4n) is 4.49. The third-order valence-electron chi connectivity index (χ3n) is 6.84. The number of halogens is 5. The highest BCUT2D eigenvalue weighted by molar-refractivity contribution is 6.37. The third-order valence-corrected chi connectivity index (χ3v) is 7.64. The maximum absolute atomic E-state index is 13.1. The standard InChI is InChI=1S/C18H13Cl2F3N2O.C9H19NO/c1-9-5-11(18(21,22)23)6-14-17(9)24-15(25(14)2)7-12-13(19)4-3-10(8-26)16(12)20;1-10-6-3-9(4-7-10)5-8-11-2/h3-6,8H,7H2,1-2H3;9H,3-8H2,1-2H3. The number of piperidine rings is 1. The Morgan fingerprint density at radius 2 is 1.84 bits per heavy atom. The van der Waals surface area contributed by atoms with Gasteiger partial charge in [0.15, 0.2) is 6.29 Å². The van der Waals surface area contributed by atoms with E-state index in [0.29, 0.717) is 44.9 Å². The van der Waals surface area contributed by atoms with Gasteiger partial charge < -0.3 is 14.2 Å². The second kappa shape index (κ2) is 12.6. The van der Waals surface area contributed by atoms with E-state index in [4.69, 9.17) is 27.9 Å². The third kappa shape index (κ3) is 7.25. The number of benzene rings is 2. The van der Waals surface area contributed by atoms with E-state index in [1.807, 2.05) is 0 Å². The number of methoxy groups -OCH3 is 1. The molecule has 2 aromatic carbocycles. The molecule has 1 fully saturated rings. The summed E-state index contributed by atoms with van der Waals surface area (Å²) in [6.45, 7) is 5.07. The summed E-state index contributed by atoms with van der Waals surface area (Å²) in [5.41, 5.74) is 1.34. The van der Waals surface area contributed by atoms with E-state index < -0.39 is 11.7 Å². The van der Waals surface area contributed by atoms with Crippen molar-refractivity contribution in [3.05, 3.63) is 62.4 Å². The first-order chi connectivity index (χ1) is 17.5. The van der Waals surface area contributed by atoms with Crippen molar-refractivity contribution in [2.24, 2.45) is 13.0 Å². The molecule has 0 unspecified atom stereocenters. The van der Waals surface area contributed by atoms with Crippen LogP contribution in [0.1, 0.15) is 52.1 Å². The molecule has 2 heterocycles. The summed E-state index contributed by atoms with van der Waals surface area (Å²) in [5, 5.41) is 0.576. The number of hydrogen-bond donors (Lipinski definition) is 0. The fraction of sp³-hybridized carbons (Fsp3) is 0.481. The molecule has 0 saturated carbocycles. The number of aryl methyl sites for hydroxylation is 2. The number of alkyl halides is 3. The Hall–Kier alpha value is -2.13. The van der Waals surface area contributed by atoms with E-state index in [9.17, 15) is 18.0 Å². The molecule has 5 nitrogen and oxygen atoms in total. The predicted octanol–water partition coefficient (Wildman–Crippen LogP) is 6.98. The van der Waals surface area contributed by atoms with Gasteiger partial charge in [0.1, 0.15) is 5.82 Å². The normalized spacial score (nSPS) is 15.1. The summed E-state index contributed by atoms with van der Waals surface area (Å²) in [6.07, 6.45) is 0.348. The zero-order valence-electron chi connectivity index (χ0n) is 21.5. The number of likely N-dealkylation sites (tertiary alicyclic amines) is 1. The molecule has 202 valence electrons. The van der Waals surface area contributed by atoms with Crippen LogP contribution < -0.4 is 0 Å². The van der Waals surface area contributed by atoms with Crippen LogP contribution in [0.4, 0.5) is 13.2 Å². The molecular weight excluding hydrogens is 526 g/mol. The molecule has 0 radical (unpaired) electrons. The van der Waals surface area contributed by atoms with E-state index in [1.165, 1.54) is 38.4 Å². The largest absolute Gasteiger partial charge is 0.416 e. The molecule has 0 bridgehead atoms. The molecule has 0 atom stereocenters. The van der Waals surface area contributed by atoms with Gasteiger partial charge in [-0.05, 0) is 87.6 Å². The molecule has 0 N–H and O–H groups in total. The van der Waals surface area contributed by atoms with Gasteiger partial charge in [-0.1, -0.05) is 23.2 Å². The van der Waals surface area contributed by atoms with Gasteiger partial charge in [-0.15, -0.1) is 0 Å². The second-order valence-corrected chi connectivity index (χ2v) is 10.3. The summed E-state index contributed by atoms with van der Waals surface area (Å²) in [6, 6.07) is 5.22. The highest BCUT2D eigenvalue weighted by Crippen LogP contribution is 2.34. The molecular formula is C27H32Cl2F3N3O2. The van der Waals surface area contributed by atoms with Crippen molar-refractivity contribution in [2.75, 3.05) is 33.9 Å². The van der Waals surface area contributed by atoms with Crippen molar-refractivity contribution in [2.45, 2.75) is 38.8 Å². The van der Waals surface area contributed by atoms with Crippen LogP contribution in [0.25, 0.3) is 11.0 Å². The Bertz CT molecular complexity index is 1230. The summed E-state index contributed by atoms with van der Waals surface area (Å²) >= 11 is 12.4. The van der Waals surface area contributed by atoms with Crippen LogP contribution in [-0.2, 0) is 24.4 Å². The van der Waals surface area contributed by atoms with Gasteiger partial charge in [0, 0.05) is 37.8 Å². The Morgan fingerprint density at radius 3 is 2.43 bits per heavy atom. The van der Waals surface area contributed by atoms with Gasteiger partial charge in [-0.2, -0.15) is 13.2 Å². The minimum absolute atomic E-state index is 0.186. The number of aldehydes is 1. The Morgan fingerprint density at radius 1 is 1.16 bits per heavy atom. The number of fused-ring (bicyclic) bond motifs is 1. The highest BCUT2D eigenvalue weighted by Gasteiger charge is 2.32. The van der Waals surface area contributed by atoms with E-state index in [1.54, 1.807) is 31.7 Å². The number of aromatic nitrogens is 2. The highest BCUT2D eigenvalue weighted by atomic mass is 35.5. The van der Waals surface area contributed by atoms with Crippen LogP contribution in [0.2, 0.25) is 10.0 Å². The van der Waals surface area contributed by atoms with Crippen molar-refractivity contribution >= 4 is 40.5 Å². The van der Waals surface area contributed by atoms with Crippen LogP contribution in [0.3, 0.4) is 0 Å². The number of rotatable bonds is 6. The van der Waals surface area contributed by atoms with Crippen molar-refractivity contribution in [1.29, 1.82) is 0 Å². The average molecular weight is 558 g/mol. The molecule has 3 aromatic rings. The summed E-state index contributed by atoms with van der Waals surface area (Å²) < 4.78 is 45.9. The number of imidazole rings is 1. The fourth-order valence-corrected chi connectivity index (χ4v) is 5.04. The van der Waals surface area contributed by atoms with Gasteiger partial charge >= 0.3 is 6.18 Å². The maximum atomic E-state index is 13.1. The summed E-state index contributed by atoms with van der Waals surface area (Å²) in [5.74, 6) is 1.42. The molecule has 0 amide bonds. The predicted molar refractivity (Wildman–Crippen MR) is 142 cm³/mol. The minimum Gasteiger partial charge on any atom is -0.385 e. The first-order valence-corrected chi connectivity index (χ1v) is 12.8. The lowest BCUT2D eigenvalue weighted by Gasteiger charge is -2.28. The number of ether oxygens (including phenoxy) is 1. The summed E-state index contributed by atoms with van der Waals surface area (Å²) in [4.78, 5) is 17.9. The SMILES string of the molecule is COCCC1CCN(C)CC1.Cc1cc(C(F)(F)F)cc2c1nc(Cc1c(Cl)ccc(C=O)c1Cl)n2C. The van der Waals surface area contributed by atoms with E-state index >= 15 is 0 Å². The second-order valence-electron chi connectivity index (χ2n) is 9.50. The molecule has 0 aliphatic carbocycles. The number of carbonyl (C=O) groups is 1. The van der Waals surface area contributed by atoms with E-state index in [-0.39, 0.29) is 11.4 Å².